The Kier molecular flexibility index (Phi) is 21.9. The Morgan fingerprint density at radius 1 is 0.517 bits per heavy atom. The highest BCUT2D eigenvalue weighted by Crippen LogP contribution is 2.40. The first kappa shape index (κ1) is 64.9. The van der Waals surface area contributed by atoms with Crippen LogP contribution in [0.25, 0.3) is 22.5 Å². The Morgan fingerprint density at radius 3 is 1.19 bits per heavy atom. The molecule has 4 heterocycles. The number of aliphatic hydroxyl groups is 1. The molecule has 1 atom stereocenters. The number of carbonyl (C=O) groups excluding carboxylic acids is 6. The Labute approximate surface area is 515 Å². The number of likely N-dealkylation sites (N-methyl/N-ethyl adjacent to an activating group) is 4. The quantitative estimate of drug-likeness (QED) is 0.0399. The van der Waals surface area contributed by atoms with Crippen molar-refractivity contribution in [2.24, 2.45) is 0 Å². The predicted octanol–water partition coefficient (Wildman–Crippen LogP) is 6.14. The Balaban J connectivity index is 0.000000202. The van der Waals surface area contributed by atoms with Crippen molar-refractivity contribution in [1.29, 1.82) is 0 Å². The third kappa shape index (κ3) is 16.7. The van der Waals surface area contributed by atoms with E-state index in [0.29, 0.717) is 69.3 Å². The second-order valence-electron chi connectivity index (χ2n) is 21.5. The molecule has 0 aromatic heterocycles. The topological polar surface area (TPSA) is 283 Å². The van der Waals surface area contributed by atoms with E-state index in [9.17, 15) is 38.4 Å². The maximum absolute atomic E-state index is 13.2. The van der Waals surface area contributed by atoms with E-state index in [1.54, 1.807) is 60.3 Å². The highest BCUT2D eigenvalue weighted by atomic mass is 16.5. The summed E-state index contributed by atoms with van der Waals surface area (Å²) in [5.74, 6) is -4.23. The van der Waals surface area contributed by atoms with E-state index in [0.717, 1.165) is 86.2 Å². The van der Waals surface area contributed by atoms with Gasteiger partial charge in [0.2, 0.25) is 11.8 Å². The van der Waals surface area contributed by atoms with Crippen LogP contribution in [-0.2, 0) is 38.2 Å². The van der Waals surface area contributed by atoms with Crippen LogP contribution in [0.4, 0.5) is 34.1 Å². The molecule has 89 heavy (non-hydrogen) atoms. The molecule has 1 unspecified atom stereocenters. The number of rotatable bonds is 17. The van der Waals surface area contributed by atoms with E-state index >= 15 is 0 Å². The van der Waals surface area contributed by atoms with Crippen LogP contribution in [0.2, 0.25) is 0 Å². The van der Waals surface area contributed by atoms with Gasteiger partial charge >= 0.3 is 23.9 Å². The molecule has 2 saturated heterocycles. The molecule has 6 aromatic rings. The first-order valence-electron chi connectivity index (χ1n) is 28.6. The number of ether oxygens (including phenoxy) is 2. The minimum absolute atomic E-state index is 0.0444. The van der Waals surface area contributed by atoms with Crippen molar-refractivity contribution in [2.75, 3.05) is 139 Å². The SMILES string of the molecule is COC(=O)c1ccc2c(c1)NC(=O)/C2=C(\Nc1ccc(N(C)C(=O)CN2CCN(C)CC2)cc1)c1ccccc1.COC(=O)c1ccc2c(c1)NC(=O)/C2=C(\Nc1ccc(N(C)C(=O)CN2CCN(C)CC2)cc1)c1ccccc1.O=C(O)CC(O)C(=O)O. The van der Waals surface area contributed by atoms with E-state index in [1.807, 2.05) is 109 Å². The number of aliphatic hydroxyl groups excluding tert-OH is 1. The predicted molar refractivity (Wildman–Crippen MR) is 340 cm³/mol. The molecule has 4 aliphatic rings. The van der Waals surface area contributed by atoms with Crippen molar-refractivity contribution in [2.45, 2.75) is 12.5 Å². The average molecular weight is 1210 g/mol. The molecule has 0 aliphatic carbocycles. The molecule has 2 fully saturated rings. The summed E-state index contributed by atoms with van der Waals surface area (Å²) in [7, 11) is 10.4. The molecule has 6 aromatic carbocycles. The summed E-state index contributed by atoms with van der Waals surface area (Å²) >= 11 is 0. The number of anilines is 6. The van der Waals surface area contributed by atoms with Gasteiger partial charge in [0.1, 0.15) is 0 Å². The van der Waals surface area contributed by atoms with Crippen LogP contribution in [0.5, 0.6) is 0 Å². The van der Waals surface area contributed by atoms with Crippen LogP contribution in [0.3, 0.4) is 0 Å². The van der Waals surface area contributed by atoms with Crippen molar-refractivity contribution in [3.8, 4) is 0 Å². The molecule has 4 amide bonds. The number of nitrogens with zero attached hydrogens (tertiary/aromatic N) is 6. The number of hydrogen-bond acceptors (Lipinski definition) is 17. The van der Waals surface area contributed by atoms with Gasteiger partial charge in [0.05, 0.1) is 78.8 Å². The number of esters is 2. The smallest absolute Gasteiger partial charge is 0.337 e. The van der Waals surface area contributed by atoms with Crippen molar-refractivity contribution in [3.63, 3.8) is 0 Å². The standard InChI is InChI=1S/2C31H33N5O4.C4H6O5/c2*1-34-15-17-36(18-16-34)20-27(37)35(2)24-12-10-23(11-13-24)32-29(21-7-5-4-6-8-21)28-25-14-9-22(31(39)40-3)19-26(25)33-30(28)38;5-2(4(8)9)1-3(6)7/h2*4-14,19,32H,15-18,20H2,1-3H3,(H,33,38);2,5H,1H2,(H,6,7)(H,8,9)/b2*29-28-;. The summed E-state index contributed by atoms with van der Waals surface area (Å²) in [6.07, 6.45) is -2.54. The minimum atomic E-state index is -1.79. The lowest BCUT2D eigenvalue weighted by Gasteiger charge is -2.32. The van der Waals surface area contributed by atoms with Crippen LogP contribution in [0.15, 0.2) is 146 Å². The molecule has 7 N–H and O–H groups in total. The fraction of sp³-hybridized carbons (Fsp3) is 0.273. The lowest BCUT2D eigenvalue weighted by atomic mass is 9.99. The number of methoxy groups -OCH3 is 2. The highest BCUT2D eigenvalue weighted by Gasteiger charge is 2.32. The number of piperazine rings is 2. The molecule has 0 spiro atoms. The number of carbonyl (C=O) groups is 8. The van der Waals surface area contributed by atoms with E-state index < -0.39 is 36.4 Å². The lowest BCUT2D eigenvalue weighted by Crippen LogP contribution is -2.48. The van der Waals surface area contributed by atoms with Crippen LogP contribution < -0.4 is 31.1 Å². The number of benzene rings is 6. The van der Waals surface area contributed by atoms with E-state index in [2.05, 4.69) is 55.0 Å². The largest absolute Gasteiger partial charge is 0.481 e. The number of aliphatic carboxylic acids is 2. The molecule has 23 nitrogen and oxygen atoms in total. The number of hydrogen-bond donors (Lipinski definition) is 7. The summed E-state index contributed by atoms with van der Waals surface area (Å²) < 4.78 is 9.65. The summed E-state index contributed by atoms with van der Waals surface area (Å²) in [5.41, 5.74) is 10.2. The average Bonchev–Trinajstić information content (AvgIpc) is 1.74. The zero-order valence-electron chi connectivity index (χ0n) is 50.3. The highest BCUT2D eigenvalue weighted by molar-refractivity contribution is 6.38. The molecule has 0 saturated carbocycles. The Hall–Kier alpha value is -10.0. The van der Waals surface area contributed by atoms with Gasteiger partial charge in [-0.1, -0.05) is 72.8 Å². The van der Waals surface area contributed by atoms with Gasteiger partial charge in [-0.05, 0) is 98.0 Å². The first-order valence-corrected chi connectivity index (χ1v) is 28.6. The van der Waals surface area contributed by atoms with Crippen molar-refractivity contribution >= 4 is 104 Å². The van der Waals surface area contributed by atoms with Gasteiger partial charge in [-0.3, -0.25) is 33.8 Å². The summed E-state index contributed by atoms with van der Waals surface area (Å²) in [6, 6.07) is 44.4. The lowest BCUT2D eigenvalue weighted by molar-refractivity contribution is -0.152. The molecule has 4 aliphatic heterocycles. The first-order chi connectivity index (χ1) is 42.7. The van der Waals surface area contributed by atoms with E-state index in [-0.39, 0.29) is 23.6 Å². The van der Waals surface area contributed by atoms with Gasteiger partial charge in [-0.2, -0.15) is 0 Å². The van der Waals surface area contributed by atoms with Crippen molar-refractivity contribution in [1.82, 2.24) is 19.6 Å². The molecule has 10 rings (SSSR count). The molecular weight excluding hydrogens is 1140 g/mol. The van der Waals surface area contributed by atoms with E-state index in [4.69, 9.17) is 24.8 Å². The van der Waals surface area contributed by atoms with Gasteiger partial charge in [0, 0.05) is 100 Å². The number of carboxylic acid groups (broad SMARTS) is 2. The maximum atomic E-state index is 13.2. The fourth-order valence-electron chi connectivity index (χ4n) is 10.1. The Morgan fingerprint density at radius 2 is 0.876 bits per heavy atom. The van der Waals surface area contributed by atoms with Gasteiger partial charge in [0.15, 0.2) is 6.10 Å². The van der Waals surface area contributed by atoms with Crippen molar-refractivity contribution in [3.05, 3.63) is 179 Å². The summed E-state index contributed by atoms with van der Waals surface area (Å²) in [5, 5.41) is 36.8. The van der Waals surface area contributed by atoms with Crippen LogP contribution in [-0.4, -0.2) is 196 Å². The van der Waals surface area contributed by atoms with Crippen LogP contribution in [0.1, 0.15) is 49.4 Å². The second-order valence-corrected chi connectivity index (χ2v) is 21.5. The van der Waals surface area contributed by atoms with Gasteiger partial charge in [-0.25, -0.2) is 14.4 Å². The Bertz CT molecular complexity index is 3420. The normalized spacial score (nSPS) is 16.2. The monoisotopic (exact) mass is 1210 g/mol. The zero-order chi connectivity index (χ0) is 63.9. The maximum Gasteiger partial charge on any atom is 0.337 e. The van der Waals surface area contributed by atoms with Crippen molar-refractivity contribution < 1.29 is 63.1 Å². The third-order valence-electron chi connectivity index (χ3n) is 15.4. The molecule has 0 radical (unpaired) electrons. The molecule has 23 heteroatoms. The number of carboxylic acids is 2. The fourth-order valence-corrected chi connectivity index (χ4v) is 10.1. The van der Waals surface area contributed by atoms with E-state index in [1.165, 1.54) is 14.2 Å². The number of fused-ring (bicyclic) bond motifs is 2. The number of amides is 4. The second kappa shape index (κ2) is 30.0. The summed E-state index contributed by atoms with van der Waals surface area (Å²) in [6.45, 7) is 8.18. The third-order valence-corrected chi connectivity index (χ3v) is 15.4. The summed E-state index contributed by atoms with van der Waals surface area (Å²) in [4.78, 5) is 108. The molecule has 464 valence electrons. The minimum Gasteiger partial charge on any atom is -0.481 e. The van der Waals surface area contributed by atoms with Gasteiger partial charge in [-0.15, -0.1) is 0 Å². The van der Waals surface area contributed by atoms with Crippen LogP contribution in [0, 0.1) is 0 Å². The zero-order valence-corrected chi connectivity index (χ0v) is 50.3. The van der Waals surface area contributed by atoms with Crippen LogP contribution >= 0.6 is 0 Å². The number of nitrogens with one attached hydrogen (secondary N) is 4. The van der Waals surface area contributed by atoms with Gasteiger partial charge < -0.3 is 65.7 Å². The molecular formula is C66H72N10O13. The van der Waals surface area contributed by atoms with Gasteiger partial charge in [0.25, 0.3) is 11.8 Å². The molecule has 0 bridgehead atoms.